The SMILES string of the molecule is CN[C@@H](C)C(=O)N[C@H](C(=O)N1C[C@@H](c2ccc(C[C@H](NC(=O)[C@@H](NC(=O)[C@H](C)N(C)C(=O)OC(C)(C)C)C(C)(C)SCC(=O)O)C(=O)N[C@@H]3CCCc4ccccc43)cc2)C[C@H]1C(=O)N[C@@H]1CCCc2ccccc21)C(C)(C)C. The van der Waals surface area contributed by atoms with Crippen molar-refractivity contribution >= 4 is 59.3 Å². The molecule has 1 saturated heterocycles. The van der Waals surface area contributed by atoms with Gasteiger partial charge in [0.15, 0.2) is 0 Å². The van der Waals surface area contributed by atoms with Gasteiger partial charge < -0.3 is 46.6 Å². The van der Waals surface area contributed by atoms with Gasteiger partial charge in [0, 0.05) is 30.7 Å². The van der Waals surface area contributed by atoms with Gasteiger partial charge in [-0.1, -0.05) is 93.6 Å². The van der Waals surface area contributed by atoms with Crippen LogP contribution in [0.1, 0.15) is 153 Å². The molecule has 0 unspecified atom stereocenters. The number of thioether (sulfide) groups is 1. The van der Waals surface area contributed by atoms with E-state index in [9.17, 15) is 43.5 Å². The van der Waals surface area contributed by atoms with E-state index in [1.54, 1.807) is 53.5 Å². The summed E-state index contributed by atoms with van der Waals surface area (Å²) in [6.07, 6.45) is 4.50. The predicted octanol–water partition coefficient (Wildman–Crippen LogP) is 6.26. The molecule has 0 radical (unpaired) electrons. The number of nitrogens with one attached hydrogen (secondary N) is 6. The third-order valence-electron chi connectivity index (χ3n) is 15.5. The number of likely N-dealkylation sites (N-methyl/N-ethyl adjacent to an activating group) is 2. The van der Waals surface area contributed by atoms with E-state index in [2.05, 4.69) is 38.0 Å². The van der Waals surface area contributed by atoms with Gasteiger partial charge in [-0.25, -0.2) is 4.79 Å². The number of likely N-dealkylation sites (tertiary alicyclic amines) is 1. The van der Waals surface area contributed by atoms with Crippen molar-refractivity contribution in [1.82, 2.24) is 41.7 Å². The number of rotatable bonds is 20. The molecular weight excluding hydrogens is 1020 g/mol. The van der Waals surface area contributed by atoms with E-state index in [1.165, 1.54) is 19.5 Å². The van der Waals surface area contributed by atoms with Crippen LogP contribution in [0.3, 0.4) is 0 Å². The Kier molecular flexibility index (Phi) is 20.5. The van der Waals surface area contributed by atoms with Crippen molar-refractivity contribution in [2.45, 2.75) is 185 Å². The van der Waals surface area contributed by atoms with E-state index in [0.29, 0.717) is 18.4 Å². The first-order chi connectivity index (χ1) is 37.1. The van der Waals surface area contributed by atoms with Crippen LogP contribution in [0.5, 0.6) is 0 Å². The normalized spacial score (nSPS) is 20.1. The van der Waals surface area contributed by atoms with Crippen molar-refractivity contribution in [3.63, 3.8) is 0 Å². The number of carbonyl (C=O) groups excluding carboxylic acids is 7. The number of carboxylic acid groups (broad SMARTS) is 1. The zero-order chi connectivity index (χ0) is 58.1. The summed E-state index contributed by atoms with van der Waals surface area (Å²) in [5.74, 6) is -4.71. The Labute approximate surface area is 470 Å². The van der Waals surface area contributed by atoms with Gasteiger partial charge in [-0.3, -0.25) is 38.5 Å². The molecule has 9 atom stereocenters. The highest BCUT2D eigenvalue weighted by Gasteiger charge is 2.47. The van der Waals surface area contributed by atoms with Gasteiger partial charge in [0.25, 0.3) is 0 Å². The number of hydrogen-bond donors (Lipinski definition) is 7. The molecule has 3 aromatic rings. The molecule has 3 aromatic carbocycles. The summed E-state index contributed by atoms with van der Waals surface area (Å²) in [5, 5.41) is 27.8. The van der Waals surface area contributed by atoms with Crippen molar-refractivity contribution in [2.75, 3.05) is 26.4 Å². The van der Waals surface area contributed by atoms with Crippen LogP contribution >= 0.6 is 11.8 Å². The first kappa shape index (κ1) is 61.7. The topological polar surface area (TPSA) is 245 Å². The fraction of sp³-hybridized carbons (Fsp3) is 0.567. The smallest absolute Gasteiger partial charge is 0.410 e. The summed E-state index contributed by atoms with van der Waals surface area (Å²) in [4.78, 5) is 114. The second-order valence-electron chi connectivity index (χ2n) is 24.1. The number of carbonyl (C=O) groups is 8. The number of amides is 7. The minimum absolute atomic E-state index is 0.00847. The molecule has 7 N–H and O–H groups in total. The van der Waals surface area contributed by atoms with Crippen LogP contribution in [0.4, 0.5) is 4.79 Å². The van der Waals surface area contributed by atoms with Crippen LogP contribution in [0.25, 0.3) is 0 Å². The van der Waals surface area contributed by atoms with Crippen LogP contribution in [0.15, 0.2) is 72.8 Å². The summed E-state index contributed by atoms with van der Waals surface area (Å²) in [5.41, 5.74) is 4.31. The maximum Gasteiger partial charge on any atom is 0.410 e. The van der Waals surface area contributed by atoms with Gasteiger partial charge in [0.1, 0.15) is 35.8 Å². The molecule has 1 aliphatic heterocycles. The molecule has 0 aromatic heterocycles. The second-order valence-corrected chi connectivity index (χ2v) is 25.7. The van der Waals surface area contributed by atoms with E-state index in [-0.39, 0.29) is 48.7 Å². The summed E-state index contributed by atoms with van der Waals surface area (Å²) in [6.45, 7) is 17.4. The Bertz CT molecular complexity index is 2700. The van der Waals surface area contributed by atoms with Crippen LogP contribution < -0.4 is 31.9 Å². The highest BCUT2D eigenvalue weighted by Crippen LogP contribution is 2.37. The lowest BCUT2D eigenvalue weighted by Gasteiger charge is -2.36. The minimum Gasteiger partial charge on any atom is -0.481 e. The lowest BCUT2D eigenvalue weighted by molar-refractivity contribution is -0.144. The van der Waals surface area contributed by atoms with Crippen LogP contribution in [-0.4, -0.2) is 135 Å². The number of carboxylic acids is 1. The van der Waals surface area contributed by atoms with Gasteiger partial charge in [-0.2, -0.15) is 0 Å². The Balaban J connectivity index is 1.30. The average molecular weight is 1110 g/mol. The molecule has 79 heavy (non-hydrogen) atoms. The summed E-state index contributed by atoms with van der Waals surface area (Å²) in [6, 6.07) is 16.9. The molecule has 18 nitrogen and oxygen atoms in total. The number of aliphatic carboxylic acids is 1. The fourth-order valence-electron chi connectivity index (χ4n) is 10.6. The lowest BCUT2D eigenvalue weighted by atomic mass is 9.85. The van der Waals surface area contributed by atoms with Crippen molar-refractivity contribution in [3.8, 4) is 0 Å². The lowest BCUT2D eigenvalue weighted by Crippen LogP contribution is -2.62. The molecule has 0 saturated carbocycles. The molecule has 6 rings (SSSR count). The Morgan fingerprint density at radius 3 is 1.82 bits per heavy atom. The van der Waals surface area contributed by atoms with E-state index < -0.39 is 87.6 Å². The zero-order valence-electron chi connectivity index (χ0n) is 48.1. The first-order valence-electron chi connectivity index (χ1n) is 27.6. The highest BCUT2D eigenvalue weighted by atomic mass is 32.2. The molecule has 7 amide bonds. The minimum atomic E-state index is -1.39. The van der Waals surface area contributed by atoms with Gasteiger partial charge in [0.2, 0.25) is 35.4 Å². The fourth-order valence-corrected chi connectivity index (χ4v) is 11.4. The molecule has 430 valence electrons. The number of hydrogen-bond acceptors (Lipinski definition) is 11. The molecular formula is C60H84N8O10S. The molecule has 0 spiro atoms. The van der Waals surface area contributed by atoms with Gasteiger partial charge in [0.05, 0.1) is 23.9 Å². The highest BCUT2D eigenvalue weighted by molar-refractivity contribution is 8.01. The zero-order valence-corrected chi connectivity index (χ0v) is 48.9. The Hall–Kier alpha value is -6.47. The Morgan fingerprint density at radius 1 is 0.722 bits per heavy atom. The summed E-state index contributed by atoms with van der Waals surface area (Å²) >= 11 is 0.938. The first-order valence-corrected chi connectivity index (χ1v) is 28.6. The average Bonchev–Trinajstić information content (AvgIpc) is 3.87. The second kappa shape index (κ2) is 26.2. The summed E-state index contributed by atoms with van der Waals surface area (Å²) < 4.78 is 4.24. The maximum atomic E-state index is 14.9. The molecule has 1 heterocycles. The number of fused-ring (bicyclic) bond motifs is 2. The van der Waals surface area contributed by atoms with Gasteiger partial charge >= 0.3 is 12.1 Å². The molecule has 0 bridgehead atoms. The van der Waals surface area contributed by atoms with E-state index >= 15 is 0 Å². The van der Waals surface area contributed by atoms with Crippen molar-refractivity contribution in [3.05, 3.63) is 106 Å². The maximum absolute atomic E-state index is 14.9. The number of ether oxygens (including phenoxy) is 1. The van der Waals surface area contributed by atoms with Crippen molar-refractivity contribution < 1.29 is 48.2 Å². The Morgan fingerprint density at radius 2 is 1.28 bits per heavy atom. The van der Waals surface area contributed by atoms with Crippen molar-refractivity contribution in [2.24, 2.45) is 5.41 Å². The van der Waals surface area contributed by atoms with E-state index in [4.69, 9.17) is 4.74 Å². The number of aryl methyl sites for hydroxylation is 2. The standard InChI is InChI=1S/C60H84N8O10S/c1-35(61-11)51(71)66-50(58(3,4)5)56(76)68-33-41(32-47(68)54(74)63-45-26-18-22-40-20-14-16-24-43(40)45)38-29-27-37(28-30-38)31-46(53(73)62-44-25-17-21-39-19-13-15-23-42(39)44)64-55(75)49(60(9,10)79-34-48(69)70)65-52(72)36(2)67(12)57(77)78-59(6,7)8/h13-16,19-20,23-24,27-30,35-36,41,44-47,49-50,61H,17-18,21-22,25-26,31-34H2,1-12H3,(H,62,73)(H,63,74)(H,64,75)(H,65,72)(H,66,71)(H,69,70)/t35-,36-,41-,44+,45+,46-,47-,49+,50+/m0/s1. The van der Waals surface area contributed by atoms with Gasteiger partial charge in [-0.05, 0) is 139 Å². The quantitative estimate of drug-likeness (QED) is 0.0663. The largest absolute Gasteiger partial charge is 0.481 e. The van der Waals surface area contributed by atoms with Crippen LogP contribution in [-0.2, 0) is 57.6 Å². The summed E-state index contributed by atoms with van der Waals surface area (Å²) in [7, 11) is 3.07. The third-order valence-corrected chi connectivity index (χ3v) is 16.8. The third kappa shape index (κ3) is 16.1. The molecule has 1 fully saturated rings. The predicted molar refractivity (Wildman–Crippen MR) is 305 cm³/mol. The van der Waals surface area contributed by atoms with Crippen molar-refractivity contribution in [1.29, 1.82) is 0 Å². The number of benzene rings is 3. The molecule has 3 aliphatic rings. The molecule has 2 aliphatic carbocycles. The molecule has 19 heteroatoms. The van der Waals surface area contributed by atoms with Crippen LogP contribution in [0, 0.1) is 5.41 Å². The van der Waals surface area contributed by atoms with Gasteiger partial charge in [-0.15, -0.1) is 11.8 Å². The number of nitrogens with zero attached hydrogens (tertiary/aromatic N) is 2. The van der Waals surface area contributed by atoms with E-state index in [1.807, 2.05) is 87.5 Å². The monoisotopic (exact) mass is 1110 g/mol. The van der Waals surface area contributed by atoms with Crippen LogP contribution in [0.2, 0.25) is 0 Å². The van der Waals surface area contributed by atoms with E-state index in [0.717, 1.165) is 71.0 Å².